The normalized spacial score (nSPS) is 15.1. The molecule has 0 unspecified atom stereocenters. The molecule has 2 rings (SSSR count). The van der Waals surface area contributed by atoms with Crippen molar-refractivity contribution in [3.8, 4) is 0 Å². The summed E-state index contributed by atoms with van der Waals surface area (Å²) in [5.41, 5.74) is 1.98. The lowest BCUT2D eigenvalue weighted by molar-refractivity contribution is 0.0785. The first-order valence-corrected chi connectivity index (χ1v) is 6.21. The zero-order valence-corrected chi connectivity index (χ0v) is 11.1. The van der Waals surface area contributed by atoms with Gasteiger partial charge in [-0.05, 0) is 66.1 Å². The zero-order chi connectivity index (χ0) is 11.0. The summed E-state index contributed by atoms with van der Waals surface area (Å²) >= 11 is 2.28. The van der Waals surface area contributed by atoms with E-state index in [1.807, 2.05) is 37.1 Å². The lowest BCUT2D eigenvalue weighted by atomic mass is 10.1. The molecule has 0 bridgehead atoms. The Labute approximate surface area is 104 Å². The van der Waals surface area contributed by atoms with Crippen LogP contribution in [-0.4, -0.2) is 23.9 Å². The lowest BCUT2D eigenvalue weighted by Gasteiger charge is -2.16. The molecule has 3 heteroatoms. The number of carbonyl (C=O) groups excluding carboxylic acids is 1. The van der Waals surface area contributed by atoms with Gasteiger partial charge in [0.25, 0.3) is 5.91 Å². The Morgan fingerprint density at radius 1 is 1.47 bits per heavy atom. The number of aryl methyl sites for hydroxylation is 1. The van der Waals surface area contributed by atoms with Crippen LogP contribution in [-0.2, 0) is 0 Å². The highest BCUT2D eigenvalue weighted by molar-refractivity contribution is 14.1. The third-order valence-electron chi connectivity index (χ3n) is 2.82. The van der Waals surface area contributed by atoms with E-state index in [0.29, 0.717) is 6.04 Å². The van der Waals surface area contributed by atoms with Crippen LogP contribution in [0.1, 0.15) is 28.8 Å². The summed E-state index contributed by atoms with van der Waals surface area (Å²) in [5, 5.41) is 0. The third-order valence-corrected chi connectivity index (χ3v) is 4.03. The maximum absolute atomic E-state index is 12.0. The average Bonchev–Trinajstić information content (AvgIpc) is 3.03. The van der Waals surface area contributed by atoms with Gasteiger partial charge in [-0.2, -0.15) is 0 Å². The minimum atomic E-state index is 0.150. The van der Waals surface area contributed by atoms with E-state index in [1.54, 1.807) is 0 Å². The second-order valence-electron chi connectivity index (χ2n) is 4.11. The number of hydrogen-bond acceptors (Lipinski definition) is 1. The Hall–Kier alpha value is -0.580. The minimum absolute atomic E-state index is 0.150. The van der Waals surface area contributed by atoms with Gasteiger partial charge in [-0.1, -0.05) is 0 Å². The molecular formula is C12H14INO. The van der Waals surface area contributed by atoms with Crippen molar-refractivity contribution in [2.75, 3.05) is 7.05 Å². The Morgan fingerprint density at radius 3 is 2.67 bits per heavy atom. The first-order valence-electron chi connectivity index (χ1n) is 5.13. The van der Waals surface area contributed by atoms with Gasteiger partial charge in [0.15, 0.2) is 0 Å². The molecule has 0 saturated heterocycles. The Balaban J connectivity index is 2.21. The van der Waals surface area contributed by atoms with E-state index in [1.165, 1.54) is 9.13 Å². The van der Waals surface area contributed by atoms with Crippen LogP contribution in [0.3, 0.4) is 0 Å². The molecule has 1 fully saturated rings. The Morgan fingerprint density at radius 2 is 2.13 bits per heavy atom. The summed E-state index contributed by atoms with van der Waals surface area (Å²) in [5.74, 6) is 0.150. The van der Waals surface area contributed by atoms with Gasteiger partial charge in [-0.25, -0.2) is 0 Å². The van der Waals surface area contributed by atoms with Crippen molar-refractivity contribution in [2.45, 2.75) is 25.8 Å². The molecule has 1 aromatic rings. The fourth-order valence-corrected chi connectivity index (χ4v) is 1.94. The summed E-state index contributed by atoms with van der Waals surface area (Å²) in [7, 11) is 1.90. The minimum Gasteiger partial charge on any atom is -0.339 e. The van der Waals surface area contributed by atoms with Crippen LogP contribution >= 0.6 is 22.6 Å². The van der Waals surface area contributed by atoms with E-state index in [4.69, 9.17) is 0 Å². The van der Waals surface area contributed by atoms with Gasteiger partial charge < -0.3 is 4.90 Å². The standard InChI is InChI=1S/C12H14INO/c1-8-7-9(3-6-11(8)13)12(15)14(2)10-4-5-10/h3,6-7,10H,4-5H2,1-2H3. The topological polar surface area (TPSA) is 20.3 Å². The van der Waals surface area contributed by atoms with Gasteiger partial charge in [-0.3, -0.25) is 4.79 Å². The van der Waals surface area contributed by atoms with Crippen molar-refractivity contribution in [3.63, 3.8) is 0 Å². The SMILES string of the molecule is Cc1cc(C(=O)N(C)C2CC2)ccc1I. The highest BCUT2D eigenvalue weighted by Gasteiger charge is 2.30. The van der Waals surface area contributed by atoms with Crippen LogP contribution in [0.5, 0.6) is 0 Å². The predicted molar refractivity (Wildman–Crippen MR) is 69.0 cm³/mol. The van der Waals surface area contributed by atoms with Crippen LogP contribution in [0.4, 0.5) is 0 Å². The molecule has 80 valence electrons. The predicted octanol–water partition coefficient (Wildman–Crippen LogP) is 2.83. The van der Waals surface area contributed by atoms with Gasteiger partial charge in [0.05, 0.1) is 0 Å². The second-order valence-corrected chi connectivity index (χ2v) is 5.27. The molecule has 0 aliphatic heterocycles. The lowest BCUT2D eigenvalue weighted by Crippen LogP contribution is -2.28. The average molecular weight is 315 g/mol. The number of rotatable bonds is 2. The van der Waals surface area contributed by atoms with Crippen LogP contribution in [0.15, 0.2) is 18.2 Å². The van der Waals surface area contributed by atoms with E-state index in [2.05, 4.69) is 22.6 Å². The van der Waals surface area contributed by atoms with Crippen molar-refractivity contribution in [1.29, 1.82) is 0 Å². The highest BCUT2D eigenvalue weighted by Crippen LogP contribution is 2.27. The summed E-state index contributed by atoms with van der Waals surface area (Å²) in [6.45, 7) is 2.04. The van der Waals surface area contributed by atoms with E-state index in [9.17, 15) is 4.79 Å². The number of amides is 1. The molecule has 0 radical (unpaired) electrons. The van der Waals surface area contributed by atoms with Crippen LogP contribution in [0, 0.1) is 10.5 Å². The van der Waals surface area contributed by atoms with Gasteiger partial charge in [0, 0.05) is 22.2 Å². The molecule has 1 amide bonds. The number of hydrogen-bond donors (Lipinski definition) is 0. The molecule has 1 aromatic carbocycles. The van der Waals surface area contributed by atoms with Crippen molar-refractivity contribution in [2.24, 2.45) is 0 Å². The van der Waals surface area contributed by atoms with E-state index in [-0.39, 0.29) is 5.91 Å². The van der Waals surface area contributed by atoms with Gasteiger partial charge in [0.1, 0.15) is 0 Å². The fourth-order valence-electron chi connectivity index (χ4n) is 1.61. The molecule has 0 heterocycles. The van der Waals surface area contributed by atoms with Crippen molar-refractivity contribution < 1.29 is 4.79 Å². The van der Waals surface area contributed by atoms with Crippen LogP contribution in [0.2, 0.25) is 0 Å². The Kier molecular flexibility index (Phi) is 3.00. The van der Waals surface area contributed by atoms with Crippen LogP contribution in [0.25, 0.3) is 0 Å². The Bertz CT molecular complexity index is 399. The maximum atomic E-state index is 12.0. The second kappa shape index (κ2) is 4.12. The smallest absolute Gasteiger partial charge is 0.253 e. The molecule has 1 saturated carbocycles. The maximum Gasteiger partial charge on any atom is 0.253 e. The number of nitrogens with zero attached hydrogens (tertiary/aromatic N) is 1. The molecule has 1 aliphatic rings. The highest BCUT2D eigenvalue weighted by atomic mass is 127. The number of benzene rings is 1. The van der Waals surface area contributed by atoms with Crippen molar-refractivity contribution in [1.82, 2.24) is 4.90 Å². The van der Waals surface area contributed by atoms with Crippen molar-refractivity contribution >= 4 is 28.5 Å². The summed E-state index contributed by atoms with van der Waals surface area (Å²) in [6, 6.07) is 6.38. The molecule has 0 atom stereocenters. The molecule has 15 heavy (non-hydrogen) atoms. The molecule has 0 aromatic heterocycles. The summed E-state index contributed by atoms with van der Waals surface area (Å²) in [4.78, 5) is 13.9. The summed E-state index contributed by atoms with van der Waals surface area (Å²) in [6.07, 6.45) is 2.32. The number of halogens is 1. The monoisotopic (exact) mass is 315 g/mol. The van der Waals surface area contributed by atoms with Crippen LogP contribution < -0.4 is 0 Å². The number of carbonyl (C=O) groups is 1. The van der Waals surface area contributed by atoms with Gasteiger partial charge in [-0.15, -0.1) is 0 Å². The largest absolute Gasteiger partial charge is 0.339 e. The van der Waals surface area contributed by atoms with Crippen molar-refractivity contribution in [3.05, 3.63) is 32.9 Å². The third kappa shape index (κ3) is 2.33. The fraction of sp³-hybridized carbons (Fsp3) is 0.417. The molecule has 2 nitrogen and oxygen atoms in total. The van der Waals surface area contributed by atoms with E-state index < -0.39 is 0 Å². The summed E-state index contributed by atoms with van der Waals surface area (Å²) < 4.78 is 1.21. The quantitative estimate of drug-likeness (QED) is 0.769. The van der Waals surface area contributed by atoms with E-state index >= 15 is 0 Å². The molecular weight excluding hydrogens is 301 g/mol. The van der Waals surface area contributed by atoms with E-state index in [0.717, 1.165) is 18.4 Å². The van der Waals surface area contributed by atoms with Gasteiger partial charge in [0.2, 0.25) is 0 Å². The van der Waals surface area contributed by atoms with Gasteiger partial charge >= 0.3 is 0 Å². The molecule has 0 spiro atoms. The first kappa shape index (κ1) is 10.9. The first-order chi connectivity index (χ1) is 7.09. The zero-order valence-electron chi connectivity index (χ0n) is 8.96. The molecule has 1 aliphatic carbocycles. The molecule has 0 N–H and O–H groups in total.